The average Bonchev–Trinajstić information content (AvgIpc) is 2.59. The fourth-order valence-corrected chi connectivity index (χ4v) is 2.04. The maximum absolute atomic E-state index is 11.8. The largest absolute Gasteiger partial charge is 0.508 e. The van der Waals surface area contributed by atoms with Crippen molar-refractivity contribution >= 4 is 29.4 Å². The second kappa shape index (κ2) is 8.35. The van der Waals surface area contributed by atoms with Gasteiger partial charge in [-0.25, -0.2) is 0 Å². The van der Waals surface area contributed by atoms with Gasteiger partial charge in [0.25, 0.3) is 5.69 Å². The van der Waals surface area contributed by atoms with Gasteiger partial charge in [-0.2, -0.15) is 0 Å². The predicted octanol–water partition coefficient (Wildman–Crippen LogP) is 3.56. The number of hydrogen-bond donors (Lipinski definition) is 1. The molecule has 0 aromatic heterocycles. The molecule has 0 saturated heterocycles. The highest BCUT2D eigenvalue weighted by molar-refractivity contribution is 6.11. The van der Waals surface area contributed by atoms with Crippen LogP contribution in [0.1, 0.15) is 17.5 Å². The zero-order chi connectivity index (χ0) is 18.2. The molecular formula is C19H15NO5. The standard InChI is InChI=1S/C19H15NO5/c21-16-9-5-14(6-10-16)7-11-17(22)13-18(23)12-8-15-3-1-2-4-19(15)20(24)25/h1-12,21H,13H2. The van der Waals surface area contributed by atoms with Crippen molar-refractivity contribution in [3.05, 3.63) is 81.9 Å². The Labute approximate surface area is 143 Å². The van der Waals surface area contributed by atoms with Gasteiger partial charge in [0, 0.05) is 6.07 Å². The van der Waals surface area contributed by atoms with Crippen LogP contribution in [0.25, 0.3) is 12.2 Å². The second-order valence-corrected chi connectivity index (χ2v) is 5.18. The van der Waals surface area contributed by atoms with E-state index in [1.807, 2.05) is 0 Å². The monoisotopic (exact) mass is 337 g/mol. The summed E-state index contributed by atoms with van der Waals surface area (Å²) >= 11 is 0. The van der Waals surface area contributed by atoms with Crippen molar-refractivity contribution in [3.63, 3.8) is 0 Å². The third kappa shape index (κ3) is 5.54. The van der Waals surface area contributed by atoms with Gasteiger partial charge < -0.3 is 5.11 Å². The van der Waals surface area contributed by atoms with Gasteiger partial charge in [0.15, 0.2) is 11.6 Å². The van der Waals surface area contributed by atoms with E-state index in [2.05, 4.69) is 0 Å². The maximum Gasteiger partial charge on any atom is 0.276 e. The molecule has 126 valence electrons. The van der Waals surface area contributed by atoms with Crippen LogP contribution in [-0.2, 0) is 9.59 Å². The number of nitrogens with zero attached hydrogens (tertiary/aromatic N) is 1. The summed E-state index contributed by atoms with van der Waals surface area (Å²) in [5, 5.41) is 20.1. The Morgan fingerprint density at radius 3 is 2.20 bits per heavy atom. The smallest absolute Gasteiger partial charge is 0.276 e. The molecule has 0 aliphatic carbocycles. The molecule has 0 radical (unpaired) electrons. The summed E-state index contributed by atoms with van der Waals surface area (Å²) < 4.78 is 0. The number of nitro benzene ring substituents is 1. The summed E-state index contributed by atoms with van der Waals surface area (Å²) in [6, 6.07) is 12.3. The Balaban J connectivity index is 1.96. The van der Waals surface area contributed by atoms with E-state index in [1.54, 1.807) is 24.3 Å². The number of phenolic OH excluding ortho intramolecular Hbond substituents is 1. The first-order valence-electron chi connectivity index (χ1n) is 7.40. The van der Waals surface area contributed by atoms with Gasteiger partial charge in [0.1, 0.15) is 5.75 Å². The first-order valence-corrected chi connectivity index (χ1v) is 7.40. The van der Waals surface area contributed by atoms with Crippen LogP contribution in [-0.4, -0.2) is 21.6 Å². The fourth-order valence-electron chi connectivity index (χ4n) is 2.04. The van der Waals surface area contributed by atoms with Crippen LogP contribution in [0.3, 0.4) is 0 Å². The third-order valence-corrected chi connectivity index (χ3v) is 3.29. The number of ketones is 2. The maximum atomic E-state index is 11.8. The molecular weight excluding hydrogens is 322 g/mol. The number of aromatic hydroxyl groups is 1. The minimum atomic E-state index is -0.532. The molecule has 0 aliphatic rings. The van der Waals surface area contributed by atoms with Crippen molar-refractivity contribution in [1.82, 2.24) is 0 Å². The van der Waals surface area contributed by atoms with Crippen molar-refractivity contribution in [1.29, 1.82) is 0 Å². The summed E-state index contributed by atoms with van der Waals surface area (Å²) in [5.41, 5.74) is 0.909. The van der Waals surface area contributed by atoms with Crippen LogP contribution >= 0.6 is 0 Å². The molecule has 2 aromatic carbocycles. The van der Waals surface area contributed by atoms with Crippen LogP contribution in [0.4, 0.5) is 5.69 Å². The highest BCUT2D eigenvalue weighted by atomic mass is 16.6. The number of phenols is 1. The number of allylic oxidation sites excluding steroid dienone is 2. The topological polar surface area (TPSA) is 97.5 Å². The molecule has 6 nitrogen and oxygen atoms in total. The molecule has 0 fully saturated rings. The third-order valence-electron chi connectivity index (χ3n) is 3.29. The summed E-state index contributed by atoms with van der Waals surface area (Å²) in [6.07, 6.45) is 4.99. The van der Waals surface area contributed by atoms with Crippen molar-refractivity contribution in [2.45, 2.75) is 6.42 Å². The highest BCUT2D eigenvalue weighted by Crippen LogP contribution is 2.19. The lowest BCUT2D eigenvalue weighted by atomic mass is 10.1. The molecule has 0 saturated carbocycles. The number of hydrogen-bond acceptors (Lipinski definition) is 5. The van der Waals surface area contributed by atoms with Crippen molar-refractivity contribution in [2.24, 2.45) is 0 Å². The second-order valence-electron chi connectivity index (χ2n) is 5.18. The van der Waals surface area contributed by atoms with Gasteiger partial charge in [0.2, 0.25) is 0 Å². The summed E-state index contributed by atoms with van der Waals surface area (Å²) in [7, 11) is 0. The Morgan fingerprint density at radius 2 is 1.56 bits per heavy atom. The summed E-state index contributed by atoms with van der Waals surface area (Å²) in [4.78, 5) is 34.0. The number of para-hydroxylation sites is 1. The van der Waals surface area contributed by atoms with Gasteiger partial charge in [-0.15, -0.1) is 0 Å². The molecule has 0 atom stereocenters. The van der Waals surface area contributed by atoms with E-state index in [4.69, 9.17) is 0 Å². The van der Waals surface area contributed by atoms with E-state index < -0.39 is 10.7 Å². The van der Waals surface area contributed by atoms with Gasteiger partial charge >= 0.3 is 0 Å². The van der Waals surface area contributed by atoms with Gasteiger partial charge in [-0.05, 0) is 42.0 Å². The van der Waals surface area contributed by atoms with Crippen LogP contribution < -0.4 is 0 Å². The van der Waals surface area contributed by atoms with Gasteiger partial charge in [-0.1, -0.05) is 30.3 Å². The minimum absolute atomic E-state index is 0.106. The molecule has 0 bridgehead atoms. The lowest BCUT2D eigenvalue weighted by Gasteiger charge is -1.96. The zero-order valence-electron chi connectivity index (χ0n) is 13.2. The molecule has 6 heteroatoms. The summed E-state index contributed by atoms with van der Waals surface area (Å²) in [5.74, 6) is -0.706. The Kier molecular flexibility index (Phi) is 5.95. The van der Waals surface area contributed by atoms with Crippen molar-refractivity contribution in [2.75, 3.05) is 0 Å². The summed E-state index contributed by atoms with van der Waals surface area (Å²) in [6.45, 7) is 0. The van der Waals surface area contributed by atoms with Crippen molar-refractivity contribution in [3.8, 4) is 5.75 Å². The first kappa shape index (κ1) is 17.8. The Bertz CT molecular complexity index is 850. The van der Waals surface area contributed by atoms with E-state index in [1.165, 1.54) is 42.5 Å². The van der Waals surface area contributed by atoms with Crippen LogP contribution in [0, 0.1) is 10.1 Å². The molecule has 0 aliphatic heterocycles. The first-order chi connectivity index (χ1) is 12.0. The molecule has 2 aromatic rings. The van der Waals surface area contributed by atoms with Gasteiger partial charge in [-0.3, -0.25) is 19.7 Å². The SMILES string of the molecule is O=C(C=Cc1ccc(O)cc1)CC(=O)C=Cc1ccccc1[N+](=O)[O-]. The van der Waals surface area contributed by atoms with E-state index >= 15 is 0 Å². The van der Waals surface area contributed by atoms with E-state index in [-0.39, 0.29) is 23.6 Å². The Hall–Kier alpha value is -3.54. The quantitative estimate of drug-likeness (QED) is 0.360. The predicted molar refractivity (Wildman–Crippen MR) is 93.9 cm³/mol. The van der Waals surface area contributed by atoms with Crippen LogP contribution in [0.15, 0.2) is 60.7 Å². The molecule has 25 heavy (non-hydrogen) atoms. The zero-order valence-corrected chi connectivity index (χ0v) is 13.2. The number of carbonyl (C=O) groups is 2. The number of rotatable bonds is 7. The minimum Gasteiger partial charge on any atom is -0.508 e. The number of nitro groups is 1. The highest BCUT2D eigenvalue weighted by Gasteiger charge is 2.10. The average molecular weight is 337 g/mol. The fraction of sp³-hybridized carbons (Fsp3) is 0.0526. The number of benzene rings is 2. The van der Waals surface area contributed by atoms with E-state index in [0.29, 0.717) is 11.1 Å². The normalized spacial score (nSPS) is 11.0. The van der Waals surface area contributed by atoms with Crippen LogP contribution in [0.5, 0.6) is 5.75 Å². The van der Waals surface area contributed by atoms with Gasteiger partial charge in [0.05, 0.1) is 16.9 Å². The van der Waals surface area contributed by atoms with Crippen LogP contribution in [0.2, 0.25) is 0 Å². The lowest BCUT2D eigenvalue weighted by Crippen LogP contribution is -2.02. The lowest BCUT2D eigenvalue weighted by molar-refractivity contribution is -0.385. The molecule has 0 amide bonds. The molecule has 1 N–H and O–H groups in total. The molecule has 0 spiro atoms. The molecule has 2 rings (SSSR count). The molecule has 0 unspecified atom stereocenters. The van der Waals surface area contributed by atoms with Crippen molar-refractivity contribution < 1.29 is 19.6 Å². The Morgan fingerprint density at radius 1 is 0.960 bits per heavy atom. The van der Waals surface area contributed by atoms with E-state index in [0.717, 1.165) is 6.08 Å². The van der Waals surface area contributed by atoms with E-state index in [9.17, 15) is 24.8 Å². The number of carbonyl (C=O) groups excluding carboxylic acids is 2. The molecule has 0 heterocycles.